The van der Waals surface area contributed by atoms with E-state index in [0.29, 0.717) is 0 Å². The lowest BCUT2D eigenvalue weighted by atomic mass is 10.3. The molecule has 0 aliphatic heterocycles. The van der Waals surface area contributed by atoms with Crippen molar-refractivity contribution in [1.82, 2.24) is 4.57 Å². The van der Waals surface area contributed by atoms with Gasteiger partial charge in [0.1, 0.15) is 0 Å². The van der Waals surface area contributed by atoms with E-state index in [9.17, 15) is 0 Å². The number of hydrogen-bond acceptors (Lipinski definition) is 2. The van der Waals surface area contributed by atoms with Crippen LogP contribution in [0.4, 0.5) is 0 Å². The fourth-order valence-electron chi connectivity index (χ4n) is 2.67. The second kappa shape index (κ2) is 6.72. The Hall–Kier alpha value is -2.22. The molecule has 0 N–H and O–H groups in total. The van der Waals surface area contributed by atoms with Gasteiger partial charge in [0, 0.05) is 17.7 Å². The van der Waals surface area contributed by atoms with Gasteiger partial charge in [0.05, 0.1) is 18.3 Å². The lowest BCUT2D eigenvalue weighted by Gasteiger charge is -2.12. The summed E-state index contributed by atoms with van der Waals surface area (Å²) in [6.45, 7) is 0. The van der Waals surface area contributed by atoms with Crippen LogP contribution in [-0.4, -0.2) is 4.57 Å². The number of fused-ring (bicyclic) bond motifs is 1. The molecule has 4 rings (SSSR count). The Kier molecular flexibility index (Phi) is 4.29. The van der Waals surface area contributed by atoms with Gasteiger partial charge in [-0.3, -0.25) is 0 Å². The Morgan fingerprint density at radius 3 is 1.88 bits per heavy atom. The zero-order chi connectivity index (χ0) is 16.4. The number of aromatic nitrogens is 1. The summed E-state index contributed by atoms with van der Waals surface area (Å²) in [6.07, 6.45) is 0. The molecular formula is C20H17N2PS. The average Bonchev–Trinajstić information content (AvgIpc) is 2.97. The van der Waals surface area contributed by atoms with Crippen molar-refractivity contribution in [3.05, 3.63) is 89.7 Å². The summed E-state index contributed by atoms with van der Waals surface area (Å²) in [5.41, 5.74) is 1.23. The van der Waals surface area contributed by atoms with Crippen LogP contribution in [-0.2, 0) is 7.05 Å². The van der Waals surface area contributed by atoms with Gasteiger partial charge in [0.15, 0.2) is 4.80 Å². The van der Waals surface area contributed by atoms with Gasteiger partial charge in [-0.25, -0.2) is 4.76 Å². The highest BCUT2D eigenvalue weighted by Crippen LogP contribution is 2.34. The van der Waals surface area contributed by atoms with E-state index in [1.165, 1.54) is 20.8 Å². The number of para-hydroxylation sites is 1. The molecule has 0 saturated heterocycles. The molecule has 4 aromatic rings. The number of benzene rings is 3. The van der Waals surface area contributed by atoms with E-state index in [4.69, 9.17) is 4.76 Å². The molecule has 0 unspecified atom stereocenters. The summed E-state index contributed by atoms with van der Waals surface area (Å²) in [5.74, 6) is 0. The normalized spacial score (nSPS) is 12.2. The highest BCUT2D eigenvalue weighted by atomic mass is 32.1. The minimum atomic E-state index is -0.766. The Bertz CT molecular complexity index is 980. The highest BCUT2D eigenvalue weighted by molar-refractivity contribution is 7.71. The summed E-state index contributed by atoms with van der Waals surface area (Å²) in [4.78, 5) is 1.06. The molecule has 0 atom stereocenters. The molecule has 0 saturated carbocycles. The standard InChI is InChI=1S/C20H17N2PS/c1-22-18-14-8-9-15-19(18)24-20(22)21-23(16-10-4-2-5-11-16)17-12-6-3-7-13-17/h2-15H,1H3/b21-20-. The van der Waals surface area contributed by atoms with E-state index in [1.807, 2.05) is 0 Å². The summed E-state index contributed by atoms with van der Waals surface area (Å²) in [6, 6.07) is 29.7. The molecule has 3 aromatic carbocycles. The van der Waals surface area contributed by atoms with Crippen molar-refractivity contribution in [1.29, 1.82) is 0 Å². The first-order chi connectivity index (χ1) is 11.8. The van der Waals surface area contributed by atoms with Crippen LogP contribution < -0.4 is 15.4 Å². The maximum absolute atomic E-state index is 5.18. The summed E-state index contributed by atoms with van der Waals surface area (Å²) in [5, 5.41) is 2.55. The van der Waals surface area contributed by atoms with Crippen LogP contribution in [0.25, 0.3) is 10.2 Å². The number of thiazole rings is 1. The van der Waals surface area contributed by atoms with E-state index >= 15 is 0 Å². The number of nitrogens with zero attached hydrogens (tertiary/aromatic N) is 2. The van der Waals surface area contributed by atoms with Gasteiger partial charge in [-0.15, -0.1) is 0 Å². The van der Waals surface area contributed by atoms with Crippen molar-refractivity contribution < 1.29 is 0 Å². The van der Waals surface area contributed by atoms with Gasteiger partial charge in [-0.2, -0.15) is 0 Å². The fourth-order valence-corrected chi connectivity index (χ4v) is 5.71. The van der Waals surface area contributed by atoms with Crippen molar-refractivity contribution in [2.45, 2.75) is 0 Å². The third-order valence-corrected chi connectivity index (χ3v) is 7.11. The molecule has 0 spiro atoms. The largest absolute Gasteiger partial charge is 0.320 e. The van der Waals surface area contributed by atoms with Crippen molar-refractivity contribution in [2.75, 3.05) is 0 Å². The first-order valence-corrected chi connectivity index (χ1v) is 9.93. The van der Waals surface area contributed by atoms with Crippen LogP contribution in [0.3, 0.4) is 0 Å². The molecule has 118 valence electrons. The summed E-state index contributed by atoms with van der Waals surface area (Å²) in [7, 11) is 1.33. The van der Waals surface area contributed by atoms with Crippen LogP contribution in [0.15, 0.2) is 89.7 Å². The quantitative estimate of drug-likeness (QED) is 0.494. The molecule has 0 amide bonds. The van der Waals surface area contributed by atoms with Gasteiger partial charge in [0.25, 0.3) is 0 Å². The van der Waals surface area contributed by atoms with Crippen LogP contribution >= 0.6 is 19.4 Å². The van der Waals surface area contributed by atoms with Crippen LogP contribution in [0.2, 0.25) is 0 Å². The first kappa shape index (κ1) is 15.3. The van der Waals surface area contributed by atoms with Crippen molar-refractivity contribution >= 4 is 40.2 Å². The van der Waals surface area contributed by atoms with Crippen LogP contribution in [0, 0.1) is 0 Å². The maximum Gasteiger partial charge on any atom is 0.189 e. The molecule has 24 heavy (non-hydrogen) atoms. The van der Waals surface area contributed by atoms with Crippen molar-refractivity contribution in [2.24, 2.45) is 11.8 Å². The Labute approximate surface area is 146 Å². The Morgan fingerprint density at radius 2 is 1.29 bits per heavy atom. The van der Waals surface area contributed by atoms with E-state index in [0.717, 1.165) is 4.80 Å². The first-order valence-electron chi connectivity index (χ1n) is 7.82. The van der Waals surface area contributed by atoms with Crippen molar-refractivity contribution in [3.8, 4) is 0 Å². The molecule has 0 aliphatic carbocycles. The molecule has 1 heterocycles. The summed E-state index contributed by atoms with van der Waals surface area (Å²) >= 11 is 1.75. The molecule has 0 aliphatic rings. The zero-order valence-electron chi connectivity index (χ0n) is 13.3. The SMILES string of the molecule is Cn1/c(=N/P(c2ccccc2)c2ccccc2)sc2ccccc21. The molecule has 2 nitrogen and oxygen atoms in total. The van der Waals surface area contributed by atoms with Gasteiger partial charge < -0.3 is 4.57 Å². The minimum Gasteiger partial charge on any atom is -0.320 e. The number of hydrogen-bond donors (Lipinski definition) is 0. The molecular weight excluding hydrogens is 331 g/mol. The predicted molar refractivity (Wildman–Crippen MR) is 105 cm³/mol. The smallest absolute Gasteiger partial charge is 0.189 e. The number of rotatable bonds is 3. The third kappa shape index (κ3) is 2.93. The van der Waals surface area contributed by atoms with Gasteiger partial charge in [-0.1, -0.05) is 84.1 Å². The van der Waals surface area contributed by atoms with Crippen LogP contribution in [0.5, 0.6) is 0 Å². The lowest BCUT2D eigenvalue weighted by molar-refractivity contribution is 0.921. The fraction of sp³-hybridized carbons (Fsp3) is 0.0500. The topological polar surface area (TPSA) is 17.3 Å². The molecule has 0 radical (unpaired) electrons. The average molecular weight is 348 g/mol. The Balaban J connectivity index is 1.92. The molecule has 0 fully saturated rings. The minimum absolute atomic E-state index is 0.766. The van der Waals surface area contributed by atoms with E-state index in [1.54, 1.807) is 11.3 Å². The number of aryl methyl sites for hydroxylation is 1. The molecule has 0 bridgehead atoms. The maximum atomic E-state index is 5.18. The van der Waals surface area contributed by atoms with E-state index < -0.39 is 8.07 Å². The van der Waals surface area contributed by atoms with Crippen molar-refractivity contribution in [3.63, 3.8) is 0 Å². The second-order valence-electron chi connectivity index (χ2n) is 5.49. The Morgan fingerprint density at radius 1 is 0.750 bits per heavy atom. The third-order valence-electron chi connectivity index (χ3n) is 3.90. The van der Waals surface area contributed by atoms with Gasteiger partial charge in [-0.05, 0) is 12.1 Å². The second-order valence-corrected chi connectivity index (χ2v) is 8.36. The monoisotopic (exact) mass is 348 g/mol. The summed E-state index contributed by atoms with van der Waals surface area (Å²) < 4.78 is 8.65. The van der Waals surface area contributed by atoms with Gasteiger partial charge in [0.2, 0.25) is 0 Å². The highest BCUT2D eigenvalue weighted by Gasteiger charge is 2.13. The predicted octanol–water partition coefficient (Wildman–Crippen LogP) is 4.19. The van der Waals surface area contributed by atoms with E-state index in [-0.39, 0.29) is 0 Å². The zero-order valence-corrected chi connectivity index (χ0v) is 15.0. The van der Waals surface area contributed by atoms with Crippen LogP contribution in [0.1, 0.15) is 0 Å². The molecule has 4 heteroatoms. The van der Waals surface area contributed by atoms with Gasteiger partial charge >= 0.3 is 0 Å². The lowest BCUT2D eigenvalue weighted by Crippen LogP contribution is -2.15. The molecule has 1 aromatic heterocycles. The van der Waals surface area contributed by atoms with E-state index in [2.05, 4.69) is 96.5 Å².